The van der Waals surface area contributed by atoms with E-state index in [0.29, 0.717) is 11.5 Å². The molecule has 5 nitrogen and oxygen atoms in total. The first-order valence-electron chi connectivity index (χ1n) is 17.4. The molecule has 0 amide bonds. The van der Waals surface area contributed by atoms with Crippen molar-refractivity contribution >= 4 is 53.8 Å². The van der Waals surface area contributed by atoms with E-state index in [2.05, 4.69) is 117 Å². The molecule has 0 saturated heterocycles. The molecule has 1 atom stereocenters. The predicted molar refractivity (Wildman–Crippen MR) is 202 cm³/mol. The number of nitrogens with zero attached hydrogens (tertiary/aromatic N) is 4. The van der Waals surface area contributed by atoms with Gasteiger partial charge in [0.1, 0.15) is 0 Å². The average Bonchev–Trinajstić information content (AvgIpc) is 3.91. The van der Waals surface area contributed by atoms with Gasteiger partial charge in [-0.1, -0.05) is 24.3 Å². The Labute approximate surface area is 312 Å². The summed E-state index contributed by atoms with van der Waals surface area (Å²) in [5.74, 6) is 2.08. The van der Waals surface area contributed by atoms with Crippen LogP contribution in [0.4, 0.5) is 0 Å². The van der Waals surface area contributed by atoms with Crippen LogP contribution in [0.15, 0.2) is 138 Å². The van der Waals surface area contributed by atoms with Crippen molar-refractivity contribution in [3.8, 4) is 34.3 Å². The monoisotopic (exact) mass is 899 g/mol. The van der Waals surface area contributed by atoms with Crippen molar-refractivity contribution < 1.29 is 25.8 Å². The van der Waals surface area contributed by atoms with Gasteiger partial charge in [0.2, 0.25) is 0 Å². The Kier molecular flexibility index (Phi) is 7.13. The molecule has 0 bridgehead atoms. The molecule has 0 N–H and O–H groups in total. The zero-order chi connectivity index (χ0) is 32.8. The van der Waals surface area contributed by atoms with Gasteiger partial charge in [-0.15, -0.1) is 0 Å². The molecule has 8 aromatic rings. The SMILES string of the molecule is [Pt+2].[c-]1c(Oc2[c-]c3c(cc2)c2ccccc2n3-c2ccccn2)cccc1-n1nc[c]2c1-c1cccc[c]1[Ge]21[C]2=C(CCCC2)c2cccc[c]21. The number of benzene rings is 5. The van der Waals surface area contributed by atoms with Crippen LogP contribution in [-0.2, 0) is 21.1 Å². The van der Waals surface area contributed by atoms with E-state index in [-0.39, 0.29) is 21.1 Å². The van der Waals surface area contributed by atoms with Crippen LogP contribution < -0.4 is 17.9 Å². The third-order valence-electron chi connectivity index (χ3n) is 11.0. The third kappa shape index (κ3) is 4.31. The number of aromatic nitrogens is 4. The summed E-state index contributed by atoms with van der Waals surface area (Å²) in [6.07, 6.45) is 8.93. The Morgan fingerprint density at radius 3 is 2.29 bits per heavy atom. The van der Waals surface area contributed by atoms with E-state index in [1.807, 2.05) is 42.6 Å². The van der Waals surface area contributed by atoms with Gasteiger partial charge >= 0.3 is 261 Å². The summed E-state index contributed by atoms with van der Waals surface area (Å²) in [5, 5.41) is 7.39. The van der Waals surface area contributed by atoms with Crippen molar-refractivity contribution in [2.75, 3.05) is 0 Å². The molecule has 0 fully saturated rings. The number of pyridine rings is 1. The van der Waals surface area contributed by atoms with Gasteiger partial charge in [0.05, 0.1) is 0 Å². The molecule has 3 aliphatic rings. The molecular weight excluding hydrogens is 868 g/mol. The van der Waals surface area contributed by atoms with Gasteiger partial charge in [-0.2, -0.15) is 0 Å². The van der Waals surface area contributed by atoms with Crippen LogP contribution >= 0.6 is 0 Å². The first-order valence-corrected chi connectivity index (χ1v) is 21.6. The number of ether oxygens (including phenoxy) is 1. The minimum atomic E-state index is -3.15. The maximum absolute atomic E-state index is 6.53. The van der Waals surface area contributed by atoms with Crippen molar-refractivity contribution in [3.63, 3.8) is 0 Å². The summed E-state index contributed by atoms with van der Waals surface area (Å²) < 4.78 is 17.1. The number of allylic oxidation sites excluding steroid dienone is 2. The van der Waals surface area contributed by atoms with Gasteiger partial charge in [0, 0.05) is 6.20 Å². The van der Waals surface area contributed by atoms with E-state index < -0.39 is 13.3 Å². The van der Waals surface area contributed by atoms with Crippen LogP contribution in [0.5, 0.6) is 11.5 Å². The summed E-state index contributed by atoms with van der Waals surface area (Å²) in [6, 6.07) is 50.1. The van der Waals surface area contributed by atoms with Crippen molar-refractivity contribution in [2.24, 2.45) is 0 Å². The first kappa shape index (κ1) is 30.8. The van der Waals surface area contributed by atoms with E-state index in [1.54, 1.807) is 18.8 Å². The van der Waals surface area contributed by atoms with Gasteiger partial charge in [0.25, 0.3) is 0 Å². The molecule has 3 aromatic heterocycles. The standard InChI is InChI=1S/C44H30GeN4O.Pt/c1-5-18-37-32(14-1)33-15-2-6-19-38(33)45(37)39-20-7-3-17-36(39)44-40(45)28-47-49(44)29-12-11-13-30(26-29)50-31-23-24-35-34-16-4-8-21-41(34)48(42(35)27-31)43-22-9-10-25-46-43;/h1,3-5,7-14,16-18,20-25,28H,2,6,15,19H2;/q-2;+2. The Balaban J connectivity index is 0.00000327. The average molecular weight is 898 g/mol. The van der Waals surface area contributed by atoms with Gasteiger partial charge in [-0.25, -0.2) is 4.98 Å². The summed E-state index contributed by atoms with van der Waals surface area (Å²) in [5.41, 5.74) is 8.52. The molecule has 7 heteroatoms. The molecule has 1 aliphatic carbocycles. The fourth-order valence-electron chi connectivity index (χ4n) is 9.09. The molecule has 1 spiro atoms. The molecule has 2 aliphatic heterocycles. The third-order valence-corrected chi connectivity index (χ3v) is 21.7. The molecule has 5 heterocycles. The molecule has 51 heavy (non-hydrogen) atoms. The predicted octanol–water partition coefficient (Wildman–Crippen LogP) is 8.09. The van der Waals surface area contributed by atoms with Crippen LogP contribution in [0, 0.1) is 12.1 Å². The first-order chi connectivity index (χ1) is 24.8. The number of para-hydroxylation sites is 1. The molecule has 11 rings (SSSR count). The van der Waals surface area contributed by atoms with Gasteiger partial charge in [-0.3, -0.25) is 0 Å². The number of hydrogen-bond acceptors (Lipinski definition) is 3. The summed E-state index contributed by atoms with van der Waals surface area (Å²) in [6.45, 7) is 0. The van der Waals surface area contributed by atoms with Gasteiger partial charge in [-0.05, 0) is 18.2 Å². The van der Waals surface area contributed by atoms with Crippen LogP contribution in [0.25, 0.3) is 50.1 Å². The Morgan fingerprint density at radius 1 is 0.647 bits per heavy atom. The zero-order valence-electron chi connectivity index (χ0n) is 27.5. The van der Waals surface area contributed by atoms with E-state index in [1.165, 1.54) is 46.9 Å². The number of hydrogen-bond donors (Lipinski definition) is 0. The van der Waals surface area contributed by atoms with Gasteiger partial charge in [0.15, 0.2) is 0 Å². The Hall–Kier alpha value is -4.97. The fraction of sp³-hybridized carbons (Fsp3) is 0.0909. The van der Waals surface area contributed by atoms with E-state index in [0.717, 1.165) is 33.3 Å². The summed E-state index contributed by atoms with van der Waals surface area (Å²) in [4.78, 5) is 4.67. The second-order valence-corrected chi connectivity index (χ2v) is 21.3. The van der Waals surface area contributed by atoms with Crippen molar-refractivity contribution in [1.29, 1.82) is 0 Å². The fourth-order valence-corrected chi connectivity index (χ4v) is 21.5. The second-order valence-electron chi connectivity index (χ2n) is 13.5. The van der Waals surface area contributed by atoms with E-state index >= 15 is 0 Å². The molecule has 5 aromatic carbocycles. The van der Waals surface area contributed by atoms with Crippen molar-refractivity contribution in [3.05, 3.63) is 156 Å². The zero-order valence-corrected chi connectivity index (χ0v) is 31.9. The topological polar surface area (TPSA) is 44.9 Å². The summed E-state index contributed by atoms with van der Waals surface area (Å²) >= 11 is -3.15. The molecule has 246 valence electrons. The van der Waals surface area contributed by atoms with E-state index in [9.17, 15) is 0 Å². The van der Waals surface area contributed by atoms with Crippen LogP contribution in [0.1, 0.15) is 31.2 Å². The minimum absolute atomic E-state index is 0. The van der Waals surface area contributed by atoms with Gasteiger partial charge < -0.3 is 0 Å². The number of fused-ring (bicyclic) bond motifs is 12. The van der Waals surface area contributed by atoms with E-state index in [4.69, 9.17) is 9.84 Å². The quantitative estimate of drug-likeness (QED) is 0.133. The molecular formula is C44H30GeN4OPt. The van der Waals surface area contributed by atoms with Crippen LogP contribution in [0.2, 0.25) is 0 Å². The van der Waals surface area contributed by atoms with Crippen LogP contribution in [0.3, 0.4) is 0 Å². The number of rotatable bonds is 4. The molecule has 1 unspecified atom stereocenters. The maximum atomic E-state index is 6.53. The van der Waals surface area contributed by atoms with Crippen LogP contribution in [-0.4, -0.2) is 32.6 Å². The van der Waals surface area contributed by atoms with Crippen molar-refractivity contribution in [2.45, 2.75) is 25.7 Å². The summed E-state index contributed by atoms with van der Waals surface area (Å²) in [7, 11) is 0. The molecule has 0 radical (unpaired) electrons. The normalized spacial score (nSPS) is 16.9. The second kappa shape index (κ2) is 11.8. The van der Waals surface area contributed by atoms with Crippen molar-refractivity contribution in [1.82, 2.24) is 19.3 Å². The molecule has 0 saturated carbocycles. The Morgan fingerprint density at radius 2 is 1.41 bits per heavy atom. The Bertz CT molecular complexity index is 2710.